The Morgan fingerprint density at radius 3 is 2.85 bits per heavy atom. The van der Waals surface area contributed by atoms with E-state index in [2.05, 4.69) is 20.4 Å². The summed E-state index contributed by atoms with van der Waals surface area (Å²) in [4.78, 5) is 20.8. The molecule has 3 heterocycles. The van der Waals surface area contributed by atoms with E-state index in [1.807, 2.05) is 25.1 Å². The van der Waals surface area contributed by atoms with E-state index in [0.29, 0.717) is 22.9 Å². The van der Waals surface area contributed by atoms with Gasteiger partial charge in [0.1, 0.15) is 18.1 Å². The molecule has 132 valence electrons. The number of pyridine rings is 2. The average molecular weight is 350 g/mol. The number of nitrogens with zero attached hydrogens (tertiary/aromatic N) is 3. The van der Waals surface area contributed by atoms with Gasteiger partial charge in [-0.05, 0) is 44.0 Å². The molecule has 0 aromatic carbocycles. The molecule has 1 saturated carbocycles. The number of carbonyl (C=O) groups is 1. The van der Waals surface area contributed by atoms with Crippen LogP contribution in [-0.4, -0.2) is 27.1 Å². The minimum Gasteiger partial charge on any atom is -0.486 e. The van der Waals surface area contributed by atoms with Gasteiger partial charge in [0, 0.05) is 18.4 Å². The lowest BCUT2D eigenvalue weighted by molar-refractivity contribution is 0.0941. The van der Waals surface area contributed by atoms with Crippen LogP contribution in [0.25, 0.3) is 11.4 Å². The maximum absolute atomic E-state index is 12.3. The van der Waals surface area contributed by atoms with Crippen LogP contribution in [0.3, 0.4) is 0 Å². The molecule has 1 N–H and O–H groups in total. The highest BCUT2D eigenvalue weighted by Gasteiger charge is 2.26. The summed E-state index contributed by atoms with van der Waals surface area (Å²) in [6.45, 7) is 2.03. The minimum absolute atomic E-state index is 0.205. The first-order valence-corrected chi connectivity index (χ1v) is 8.47. The molecule has 1 fully saturated rings. The Morgan fingerprint density at radius 2 is 2.08 bits per heavy atom. The lowest BCUT2D eigenvalue weighted by Crippen LogP contribution is -2.26. The van der Waals surface area contributed by atoms with E-state index < -0.39 is 0 Å². The first-order chi connectivity index (χ1) is 12.7. The molecule has 0 spiro atoms. The second-order valence-corrected chi connectivity index (χ2v) is 6.17. The largest absolute Gasteiger partial charge is 0.486 e. The SMILES string of the molecule is Cc1onc(-c2ccccn2)c1COc1cccnc1C(=O)NC1CC1. The van der Waals surface area contributed by atoms with Gasteiger partial charge in [0.05, 0.1) is 11.3 Å². The number of aryl methyl sites for hydroxylation is 1. The minimum atomic E-state index is -0.213. The highest BCUT2D eigenvalue weighted by Crippen LogP contribution is 2.26. The number of rotatable bonds is 6. The first-order valence-electron chi connectivity index (χ1n) is 8.47. The van der Waals surface area contributed by atoms with Gasteiger partial charge in [0.15, 0.2) is 11.4 Å². The molecule has 7 nitrogen and oxygen atoms in total. The van der Waals surface area contributed by atoms with E-state index in [-0.39, 0.29) is 24.2 Å². The molecule has 7 heteroatoms. The molecule has 0 unspecified atom stereocenters. The van der Waals surface area contributed by atoms with Gasteiger partial charge in [-0.1, -0.05) is 11.2 Å². The summed E-state index contributed by atoms with van der Waals surface area (Å²) in [7, 11) is 0. The number of nitrogens with one attached hydrogen (secondary N) is 1. The van der Waals surface area contributed by atoms with Gasteiger partial charge >= 0.3 is 0 Å². The van der Waals surface area contributed by atoms with Gasteiger partial charge in [-0.2, -0.15) is 0 Å². The molecule has 1 aliphatic rings. The van der Waals surface area contributed by atoms with Crippen LogP contribution in [-0.2, 0) is 6.61 Å². The molecule has 0 aliphatic heterocycles. The summed E-state index contributed by atoms with van der Waals surface area (Å²) in [6, 6.07) is 9.32. The molecule has 26 heavy (non-hydrogen) atoms. The molecule has 0 bridgehead atoms. The third-order valence-corrected chi connectivity index (χ3v) is 4.16. The highest BCUT2D eigenvalue weighted by atomic mass is 16.5. The van der Waals surface area contributed by atoms with Crippen LogP contribution in [0.15, 0.2) is 47.2 Å². The summed E-state index contributed by atoms with van der Waals surface area (Å²) in [5, 5.41) is 7.02. The predicted molar refractivity (Wildman–Crippen MR) is 93.5 cm³/mol. The molecular formula is C19H18N4O3. The Hall–Kier alpha value is -3.22. The van der Waals surface area contributed by atoms with Crippen molar-refractivity contribution in [3.05, 3.63) is 59.7 Å². The summed E-state index contributed by atoms with van der Waals surface area (Å²) in [6.07, 6.45) is 5.31. The average Bonchev–Trinajstić information content (AvgIpc) is 3.41. The number of hydrogen-bond donors (Lipinski definition) is 1. The summed E-state index contributed by atoms with van der Waals surface area (Å²) in [5.41, 5.74) is 2.42. The van der Waals surface area contributed by atoms with E-state index >= 15 is 0 Å². The Morgan fingerprint density at radius 1 is 1.23 bits per heavy atom. The topological polar surface area (TPSA) is 90.1 Å². The van der Waals surface area contributed by atoms with Crippen molar-refractivity contribution >= 4 is 5.91 Å². The van der Waals surface area contributed by atoms with Gasteiger partial charge in [-0.15, -0.1) is 0 Å². The molecule has 1 amide bonds. The second kappa shape index (κ2) is 6.95. The molecule has 0 atom stereocenters. The zero-order valence-electron chi connectivity index (χ0n) is 14.3. The number of aromatic nitrogens is 3. The first kappa shape index (κ1) is 16.3. The van der Waals surface area contributed by atoms with Crippen LogP contribution in [0.4, 0.5) is 0 Å². The third kappa shape index (κ3) is 3.42. The van der Waals surface area contributed by atoms with Crippen LogP contribution >= 0.6 is 0 Å². The Bertz CT molecular complexity index is 920. The zero-order valence-corrected chi connectivity index (χ0v) is 14.3. The van der Waals surface area contributed by atoms with Crippen LogP contribution in [0.5, 0.6) is 5.75 Å². The normalized spacial score (nSPS) is 13.4. The van der Waals surface area contributed by atoms with Gasteiger partial charge < -0.3 is 14.6 Å². The second-order valence-electron chi connectivity index (χ2n) is 6.17. The van der Waals surface area contributed by atoms with Gasteiger partial charge in [-0.3, -0.25) is 9.78 Å². The fraction of sp³-hybridized carbons (Fsp3) is 0.263. The third-order valence-electron chi connectivity index (χ3n) is 4.16. The number of hydrogen-bond acceptors (Lipinski definition) is 6. The lowest BCUT2D eigenvalue weighted by Gasteiger charge is -2.10. The predicted octanol–water partition coefficient (Wildman–Crippen LogP) is 2.91. The smallest absolute Gasteiger partial charge is 0.273 e. The van der Waals surface area contributed by atoms with Crippen molar-refractivity contribution in [3.63, 3.8) is 0 Å². The number of ether oxygens (including phenoxy) is 1. The van der Waals surface area contributed by atoms with Gasteiger partial charge in [0.2, 0.25) is 0 Å². The van der Waals surface area contributed by atoms with E-state index in [1.165, 1.54) is 0 Å². The fourth-order valence-corrected chi connectivity index (χ4v) is 2.57. The van der Waals surface area contributed by atoms with Crippen LogP contribution in [0, 0.1) is 6.92 Å². The molecule has 3 aromatic rings. The summed E-state index contributed by atoms with van der Waals surface area (Å²) >= 11 is 0. The zero-order chi connectivity index (χ0) is 17.9. The summed E-state index contributed by atoms with van der Waals surface area (Å²) < 4.78 is 11.2. The number of carbonyl (C=O) groups excluding carboxylic acids is 1. The molecule has 3 aromatic heterocycles. The van der Waals surface area contributed by atoms with Crippen molar-refractivity contribution in [2.24, 2.45) is 0 Å². The van der Waals surface area contributed by atoms with E-state index in [9.17, 15) is 4.79 Å². The van der Waals surface area contributed by atoms with Crippen LogP contribution in [0.2, 0.25) is 0 Å². The van der Waals surface area contributed by atoms with E-state index in [4.69, 9.17) is 9.26 Å². The highest BCUT2D eigenvalue weighted by molar-refractivity contribution is 5.95. The van der Waals surface area contributed by atoms with Crippen molar-refractivity contribution in [2.75, 3.05) is 0 Å². The molecule has 0 saturated heterocycles. The molecule has 1 aliphatic carbocycles. The van der Waals surface area contributed by atoms with E-state index in [0.717, 1.165) is 18.4 Å². The van der Waals surface area contributed by atoms with E-state index in [1.54, 1.807) is 24.5 Å². The standard InChI is InChI=1S/C19H18N4O3/c1-12-14(17(23-26-12)15-5-2-3-9-20-15)11-25-16-6-4-10-21-18(16)19(24)22-13-7-8-13/h2-6,9-10,13H,7-8,11H2,1H3,(H,22,24). The molecule has 4 rings (SSSR count). The van der Waals surface area contributed by atoms with Crippen molar-refractivity contribution in [3.8, 4) is 17.1 Å². The van der Waals surface area contributed by atoms with Crippen molar-refractivity contribution in [2.45, 2.75) is 32.4 Å². The van der Waals surface area contributed by atoms with Gasteiger partial charge in [-0.25, -0.2) is 4.98 Å². The van der Waals surface area contributed by atoms with Crippen molar-refractivity contribution < 1.29 is 14.1 Å². The number of amides is 1. The Balaban J connectivity index is 1.55. The lowest BCUT2D eigenvalue weighted by atomic mass is 10.1. The monoisotopic (exact) mass is 350 g/mol. The van der Waals surface area contributed by atoms with Crippen molar-refractivity contribution in [1.29, 1.82) is 0 Å². The van der Waals surface area contributed by atoms with Gasteiger partial charge in [0.25, 0.3) is 5.91 Å². The maximum Gasteiger partial charge on any atom is 0.273 e. The fourth-order valence-electron chi connectivity index (χ4n) is 2.57. The maximum atomic E-state index is 12.3. The van der Waals surface area contributed by atoms with Crippen LogP contribution in [0.1, 0.15) is 34.7 Å². The Kier molecular flexibility index (Phi) is 4.35. The van der Waals surface area contributed by atoms with Crippen LogP contribution < -0.4 is 10.1 Å². The molecular weight excluding hydrogens is 332 g/mol. The molecule has 0 radical (unpaired) electrons. The summed E-state index contributed by atoms with van der Waals surface area (Å²) in [5.74, 6) is 0.867. The van der Waals surface area contributed by atoms with Crippen molar-refractivity contribution in [1.82, 2.24) is 20.4 Å². The Labute approximate surface area is 150 Å². The quantitative estimate of drug-likeness (QED) is 0.735.